The molecule has 1 N–H and O–H groups in total. The number of aromatic nitrogens is 1. The third-order valence-corrected chi connectivity index (χ3v) is 4.38. The summed E-state index contributed by atoms with van der Waals surface area (Å²) in [7, 11) is 2.84. The molecule has 1 heterocycles. The van der Waals surface area contributed by atoms with Crippen LogP contribution in [0.4, 0.5) is 5.13 Å². The van der Waals surface area contributed by atoms with E-state index in [1.807, 2.05) is 13.8 Å². The largest absolute Gasteiger partial charge is 0.497 e. The summed E-state index contributed by atoms with van der Waals surface area (Å²) in [6.45, 7) is 3.90. The molecule has 1 aromatic heterocycles. The van der Waals surface area contributed by atoms with Gasteiger partial charge in [0.15, 0.2) is 10.8 Å². The van der Waals surface area contributed by atoms with Crippen LogP contribution in [0.3, 0.4) is 0 Å². The Morgan fingerprint density at radius 2 is 2.00 bits per heavy atom. The van der Waals surface area contributed by atoms with Gasteiger partial charge in [0.25, 0.3) is 5.91 Å². The van der Waals surface area contributed by atoms with Crippen molar-refractivity contribution in [2.75, 3.05) is 19.5 Å². The summed E-state index contributed by atoms with van der Waals surface area (Å²) in [4.78, 5) is 29.0. The Labute approximate surface area is 138 Å². The Kier molecular flexibility index (Phi) is 5.33. The summed E-state index contributed by atoms with van der Waals surface area (Å²) in [5, 5.41) is 3.07. The molecule has 0 unspecified atom stereocenters. The summed E-state index contributed by atoms with van der Waals surface area (Å²) in [5.74, 6) is -0.129. The molecule has 6 nitrogen and oxygen atoms in total. The minimum Gasteiger partial charge on any atom is -0.497 e. The minimum absolute atomic E-state index is 0.101. The van der Waals surface area contributed by atoms with Crippen molar-refractivity contribution in [3.05, 3.63) is 40.4 Å². The number of hydrogen-bond acceptors (Lipinski definition) is 6. The molecule has 0 aliphatic rings. The van der Waals surface area contributed by atoms with Crippen LogP contribution in [0.1, 0.15) is 45.5 Å². The number of ether oxygens (including phenoxy) is 2. The maximum atomic E-state index is 12.3. The number of thiazole rings is 1. The maximum Gasteiger partial charge on any atom is 0.357 e. The predicted octanol–water partition coefficient (Wildman–Crippen LogP) is 3.31. The van der Waals surface area contributed by atoms with Crippen LogP contribution in [0.5, 0.6) is 5.75 Å². The van der Waals surface area contributed by atoms with Crippen LogP contribution in [0.25, 0.3) is 0 Å². The van der Waals surface area contributed by atoms with Crippen molar-refractivity contribution in [3.8, 4) is 5.75 Å². The van der Waals surface area contributed by atoms with E-state index in [1.165, 1.54) is 25.6 Å². The van der Waals surface area contributed by atoms with Gasteiger partial charge < -0.3 is 9.47 Å². The summed E-state index contributed by atoms with van der Waals surface area (Å²) in [6.07, 6.45) is 0. The molecule has 122 valence electrons. The SMILES string of the molecule is COC(=O)c1nc(NC(=O)c2cccc(OC)c2)sc1C(C)C. The van der Waals surface area contributed by atoms with Crippen molar-refractivity contribution in [1.82, 2.24) is 4.98 Å². The lowest BCUT2D eigenvalue weighted by Gasteiger charge is -2.04. The normalized spacial score (nSPS) is 10.5. The molecule has 7 heteroatoms. The Balaban J connectivity index is 2.25. The second kappa shape index (κ2) is 7.23. The van der Waals surface area contributed by atoms with Gasteiger partial charge in [-0.2, -0.15) is 0 Å². The van der Waals surface area contributed by atoms with E-state index in [0.717, 1.165) is 4.88 Å². The number of hydrogen-bond donors (Lipinski definition) is 1. The molecule has 2 aromatic rings. The first kappa shape index (κ1) is 17.0. The van der Waals surface area contributed by atoms with E-state index in [2.05, 4.69) is 10.3 Å². The van der Waals surface area contributed by atoms with Gasteiger partial charge in [-0.05, 0) is 24.1 Å². The highest BCUT2D eigenvalue weighted by Gasteiger charge is 2.22. The smallest absolute Gasteiger partial charge is 0.357 e. The molecule has 0 aliphatic carbocycles. The summed E-state index contributed by atoms with van der Waals surface area (Å²) in [6, 6.07) is 6.80. The Bertz CT molecular complexity index is 725. The molecule has 0 spiro atoms. The number of benzene rings is 1. The number of methoxy groups -OCH3 is 2. The lowest BCUT2D eigenvalue weighted by Crippen LogP contribution is -2.12. The lowest BCUT2D eigenvalue weighted by atomic mass is 10.1. The third-order valence-electron chi connectivity index (χ3n) is 3.11. The second-order valence-corrected chi connectivity index (χ2v) is 6.09. The molecule has 0 atom stereocenters. The van der Waals surface area contributed by atoms with Crippen molar-refractivity contribution < 1.29 is 19.1 Å². The molecule has 0 fully saturated rings. The highest BCUT2D eigenvalue weighted by molar-refractivity contribution is 7.16. The van der Waals surface area contributed by atoms with Crippen LogP contribution in [0, 0.1) is 0 Å². The van der Waals surface area contributed by atoms with Crippen LogP contribution in [-0.2, 0) is 4.74 Å². The van der Waals surface area contributed by atoms with Gasteiger partial charge in [0.1, 0.15) is 5.75 Å². The Morgan fingerprint density at radius 1 is 1.26 bits per heavy atom. The monoisotopic (exact) mass is 334 g/mol. The fourth-order valence-electron chi connectivity index (χ4n) is 1.95. The molecule has 0 bridgehead atoms. The number of carbonyl (C=O) groups excluding carboxylic acids is 2. The number of anilines is 1. The van der Waals surface area contributed by atoms with Gasteiger partial charge in [-0.3, -0.25) is 10.1 Å². The summed E-state index contributed by atoms with van der Waals surface area (Å²) in [5.41, 5.74) is 0.693. The van der Waals surface area contributed by atoms with Gasteiger partial charge in [-0.15, -0.1) is 11.3 Å². The average Bonchev–Trinajstić information content (AvgIpc) is 2.98. The van der Waals surface area contributed by atoms with E-state index in [4.69, 9.17) is 9.47 Å². The van der Waals surface area contributed by atoms with Crippen molar-refractivity contribution >= 4 is 28.3 Å². The minimum atomic E-state index is -0.508. The number of amides is 1. The molecule has 1 amide bonds. The van der Waals surface area contributed by atoms with Crippen LogP contribution >= 0.6 is 11.3 Å². The van der Waals surface area contributed by atoms with Crippen molar-refractivity contribution in [2.24, 2.45) is 0 Å². The molecule has 1 aromatic carbocycles. The topological polar surface area (TPSA) is 77.5 Å². The van der Waals surface area contributed by atoms with Crippen LogP contribution in [0.15, 0.2) is 24.3 Å². The molecular weight excluding hydrogens is 316 g/mol. The number of esters is 1. The summed E-state index contributed by atoms with van der Waals surface area (Å²) >= 11 is 1.27. The fraction of sp³-hybridized carbons (Fsp3) is 0.312. The van der Waals surface area contributed by atoms with Crippen molar-refractivity contribution in [2.45, 2.75) is 19.8 Å². The lowest BCUT2D eigenvalue weighted by molar-refractivity contribution is 0.0593. The average molecular weight is 334 g/mol. The molecule has 0 radical (unpaired) electrons. The number of carbonyl (C=O) groups is 2. The van der Waals surface area contributed by atoms with Gasteiger partial charge >= 0.3 is 5.97 Å². The van der Waals surface area contributed by atoms with Gasteiger partial charge in [0.2, 0.25) is 0 Å². The first-order valence-corrected chi connectivity index (χ1v) is 7.82. The molecular formula is C16H18N2O4S. The zero-order valence-corrected chi connectivity index (χ0v) is 14.2. The second-order valence-electron chi connectivity index (χ2n) is 5.06. The van der Waals surface area contributed by atoms with Gasteiger partial charge in [-0.1, -0.05) is 19.9 Å². The Morgan fingerprint density at radius 3 is 2.61 bits per heavy atom. The highest BCUT2D eigenvalue weighted by Crippen LogP contribution is 2.30. The maximum absolute atomic E-state index is 12.3. The predicted molar refractivity (Wildman–Crippen MR) is 88.5 cm³/mol. The molecule has 0 saturated heterocycles. The van der Waals surface area contributed by atoms with E-state index in [0.29, 0.717) is 16.4 Å². The first-order valence-electron chi connectivity index (χ1n) is 7.00. The van der Waals surface area contributed by atoms with E-state index in [1.54, 1.807) is 24.3 Å². The van der Waals surface area contributed by atoms with E-state index in [-0.39, 0.29) is 17.5 Å². The van der Waals surface area contributed by atoms with Crippen LogP contribution in [-0.4, -0.2) is 31.1 Å². The first-order chi connectivity index (χ1) is 11.0. The molecule has 0 saturated carbocycles. The third kappa shape index (κ3) is 3.87. The number of rotatable bonds is 5. The fourth-order valence-corrected chi connectivity index (χ4v) is 2.90. The molecule has 0 aliphatic heterocycles. The number of nitrogens with zero attached hydrogens (tertiary/aromatic N) is 1. The van der Waals surface area contributed by atoms with E-state index >= 15 is 0 Å². The van der Waals surface area contributed by atoms with E-state index < -0.39 is 5.97 Å². The van der Waals surface area contributed by atoms with Gasteiger partial charge in [0, 0.05) is 10.4 Å². The van der Waals surface area contributed by atoms with Crippen molar-refractivity contribution in [3.63, 3.8) is 0 Å². The summed E-state index contributed by atoms with van der Waals surface area (Å²) < 4.78 is 9.84. The standard InChI is InChI=1S/C16H18N2O4S/c1-9(2)13-12(15(20)22-4)17-16(23-13)18-14(19)10-6-5-7-11(8-10)21-3/h5-9H,1-4H3,(H,17,18,19). The zero-order valence-electron chi connectivity index (χ0n) is 13.4. The molecule has 2 rings (SSSR count). The number of nitrogens with one attached hydrogen (secondary N) is 1. The molecule has 23 heavy (non-hydrogen) atoms. The van der Waals surface area contributed by atoms with Gasteiger partial charge in [-0.25, -0.2) is 9.78 Å². The van der Waals surface area contributed by atoms with Crippen molar-refractivity contribution in [1.29, 1.82) is 0 Å². The van der Waals surface area contributed by atoms with E-state index in [9.17, 15) is 9.59 Å². The highest BCUT2D eigenvalue weighted by atomic mass is 32.1. The Hall–Kier alpha value is -2.41. The van der Waals surface area contributed by atoms with Crippen LogP contribution < -0.4 is 10.1 Å². The van der Waals surface area contributed by atoms with Gasteiger partial charge in [0.05, 0.1) is 14.2 Å². The van der Waals surface area contributed by atoms with Crippen LogP contribution in [0.2, 0.25) is 0 Å². The zero-order chi connectivity index (χ0) is 17.0. The quantitative estimate of drug-likeness (QED) is 0.849.